The van der Waals surface area contributed by atoms with Crippen molar-refractivity contribution in [2.75, 3.05) is 11.1 Å². The predicted octanol–water partition coefficient (Wildman–Crippen LogP) is 4.33. The van der Waals surface area contributed by atoms with E-state index in [1.807, 2.05) is 12.1 Å². The second-order valence-corrected chi connectivity index (χ2v) is 6.18. The first kappa shape index (κ1) is 14.4. The maximum absolute atomic E-state index is 11.9. The van der Waals surface area contributed by atoms with Gasteiger partial charge < -0.3 is 11.1 Å². The highest BCUT2D eigenvalue weighted by molar-refractivity contribution is 9.10. The van der Waals surface area contributed by atoms with E-state index >= 15 is 0 Å². The molecule has 3 nitrogen and oxygen atoms in total. The quantitative estimate of drug-likeness (QED) is 0.810. The van der Waals surface area contributed by atoms with Crippen molar-refractivity contribution >= 4 is 33.2 Å². The van der Waals surface area contributed by atoms with Gasteiger partial charge in [-0.1, -0.05) is 32.1 Å². The Labute approximate surface area is 123 Å². The number of hydrogen-bond donors (Lipinski definition) is 2. The van der Waals surface area contributed by atoms with E-state index in [2.05, 4.69) is 21.2 Å². The number of amides is 1. The molecule has 1 aromatic carbocycles. The third-order valence-electron chi connectivity index (χ3n) is 3.79. The second kappa shape index (κ2) is 6.94. The van der Waals surface area contributed by atoms with Gasteiger partial charge in [-0.25, -0.2) is 0 Å². The molecule has 0 unspecified atom stereocenters. The number of anilines is 2. The minimum absolute atomic E-state index is 0.0993. The first-order chi connectivity index (χ1) is 9.15. The summed E-state index contributed by atoms with van der Waals surface area (Å²) in [6, 6.07) is 5.47. The second-order valence-electron chi connectivity index (χ2n) is 5.33. The van der Waals surface area contributed by atoms with E-state index in [-0.39, 0.29) is 5.91 Å². The molecule has 19 heavy (non-hydrogen) atoms. The molecule has 2 rings (SSSR count). The molecular formula is C15H21BrN2O. The van der Waals surface area contributed by atoms with Crippen LogP contribution in [0.2, 0.25) is 0 Å². The van der Waals surface area contributed by atoms with Crippen LogP contribution in [0, 0.1) is 5.92 Å². The van der Waals surface area contributed by atoms with Crippen molar-refractivity contribution in [2.45, 2.75) is 44.9 Å². The van der Waals surface area contributed by atoms with Crippen molar-refractivity contribution in [3.63, 3.8) is 0 Å². The summed E-state index contributed by atoms with van der Waals surface area (Å²) >= 11 is 3.36. The van der Waals surface area contributed by atoms with E-state index in [1.165, 1.54) is 32.1 Å². The van der Waals surface area contributed by atoms with Crippen molar-refractivity contribution in [1.29, 1.82) is 0 Å². The summed E-state index contributed by atoms with van der Waals surface area (Å²) < 4.78 is 0.817. The molecule has 0 bridgehead atoms. The van der Waals surface area contributed by atoms with Crippen molar-refractivity contribution in [1.82, 2.24) is 0 Å². The zero-order chi connectivity index (χ0) is 13.7. The van der Waals surface area contributed by atoms with Crippen molar-refractivity contribution in [3.8, 4) is 0 Å². The fourth-order valence-corrected chi connectivity index (χ4v) is 3.02. The fraction of sp³-hybridized carbons (Fsp3) is 0.533. The van der Waals surface area contributed by atoms with E-state index in [0.717, 1.165) is 22.5 Å². The van der Waals surface area contributed by atoms with Gasteiger partial charge in [0.25, 0.3) is 0 Å². The minimum Gasteiger partial charge on any atom is -0.398 e. The molecule has 3 N–H and O–H groups in total. The summed E-state index contributed by atoms with van der Waals surface area (Å²) in [5.74, 6) is 0.847. The van der Waals surface area contributed by atoms with Crippen LogP contribution in [0.1, 0.15) is 44.9 Å². The summed E-state index contributed by atoms with van der Waals surface area (Å²) in [6.07, 6.45) is 8.24. The van der Waals surface area contributed by atoms with Gasteiger partial charge in [0.05, 0.1) is 0 Å². The summed E-state index contributed by atoms with van der Waals surface area (Å²) in [5.41, 5.74) is 7.20. The molecule has 0 heterocycles. The van der Waals surface area contributed by atoms with Crippen LogP contribution in [0.5, 0.6) is 0 Å². The maximum Gasteiger partial charge on any atom is 0.224 e. The van der Waals surface area contributed by atoms with Crippen LogP contribution in [0.4, 0.5) is 11.4 Å². The molecule has 4 heteroatoms. The minimum atomic E-state index is 0.0993. The normalized spacial score (nSPS) is 16.3. The van der Waals surface area contributed by atoms with Crippen LogP contribution in [-0.4, -0.2) is 5.91 Å². The van der Waals surface area contributed by atoms with Crippen LogP contribution in [0.15, 0.2) is 22.7 Å². The number of nitrogen functional groups attached to an aromatic ring is 1. The number of nitrogens with two attached hydrogens (primary N) is 1. The van der Waals surface area contributed by atoms with Crippen molar-refractivity contribution in [2.24, 2.45) is 5.92 Å². The monoisotopic (exact) mass is 324 g/mol. The smallest absolute Gasteiger partial charge is 0.224 e. The Hall–Kier alpha value is -1.03. The van der Waals surface area contributed by atoms with Crippen molar-refractivity contribution < 1.29 is 4.79 Å². The number of carbonyl (C=O) groups excluding carboxylic acids is 1. The SMILES string of the molecule is Nc1ccc(NC(=O)CCC2CCCCC2)cc1Br. The molecule has 1 aliphatic carbocycles. The topological polar surface area (TPSA) is 55.1 Å². The van der Waals surface area contributed by atoms with Gasteiger partial charge in [-0.3, -0.25) is 4.79 Å². The Morgan fingerprint density at radius 2 is 2.05 bits per heavy atom. The molecule has 1 aliphatic rings. The Balaban J connectivity index is 1.78. The lowest BCUT2D eigenvalue weighted by molar-refractivity contribution is -0.116. The van der Waals surface area contributed by atoms with Gasteiger partial charge in [-0.05, 0) is 46.5 Å². The largest absolute Gasteiger partial charge is 0.398 e. The molecule has 1 aromatic rings. The number of carbonyl (C=O) groups is 1. The number of rotatable bonds is 4. The molecule has 0 spiro atoms. The van der Waals surface area contributed by atoms with Crippen molar-refractivity contribution in [3.05, 3.63) is 22.7 Å². The number of nitrogens with one attached hydrogen (secondary N) is 1. The van der Waals surface area contributed by atoms with Gasteiger partial charge in [0.1, 0.15) is 0 Å². The van der Waals surface area contributed by atoms with Gasteiger partial charge in [0.15, 0.2) is 0 Å². The van der Waals surface area contributed by atoms with E-state index < -0.39 is 0 Å². The average molecular weight is 325 g/mol. The fourth-order valence-electron chi connectivity index (χ4n) is 2.64. The van der Waals surface area contributed by atoms with Gasteiger partial charge in [-0.2, -0.15) is 0 Å². The van der Waals surface area contributed by atoms with Gasteiger partial charge in [-0.15, -0.1) is 0 Å². The molecule has 0 aliphatic heterocycles. The molecule has 0 aromatic heterocycles. The third-order valence-corrected chi connectivity index (χ3v) is 4.48. The third kappa shape index (κ3) is 4.53. The Kier molecular flexibility index (Phi) is 5.25. The number of halogens is 1. The lowest BCUT2D eigenvalue weighted by atomic mass is 9.86. The maximum atomic E-state index is 11.9. The summed E-state index contributed by atoms with van der Waals surface area (Å²) in [6.45, 7) is 0. The van der Waals surface area contributed by atoms with Crippen LogP contribution < -0.4 is 11.1 Å². The molecular weight excluding hydrogens is 304 g/mol. The van der Waals surface area contributed by atoms with E-state index in [0.29, 0.717) is 12.1 Å². The first-order valence-electron chi connectivity index (χ1n) is 7.00. The number of benzene rings is 1. The zero-order valence-corrected chi connectivity index (χ0v) is 12.7. The Morgan fingerprint density at radius 3 is 2.74 bits per heavy atom. The molecule has 1 fully saturated rings. The van der Waals surface area contributed by atoms with Gasteiger partial charge in [0, 0.05) is 22.3 Å². The summed E-state index contributed by atoms with van der Waals surface area (Å²) in [7, 11) is 0. The number of hydrogen-bond acceptors (Lipinski definition) is 2. The first-order valence-corrected chi connectivity index (χ1v) is 7.79. The van der Waals surface area contributed by atoms with Crippen LogP contribution in [0.25, 0.3) is 0 Å². The molecule has 1 saturated carbocycles. The molecule has 0 saturated heterocycles. The van der Waals surface area contributed by atoms with E-state index in [1.54, 1.807) is 6.07 Å². The van der Waals surface area contributed by atoms with E-state index in [9.17, 15) is 4.79 Å². The molecule has 1 amide bonds. The highest BCUT2D eigenvalue weighted by atomic mass is 79.9. The Morgan fingerprint density at radius 1 is 1.32 bits per heavy atom. The highest BCUT2D eigenvalue weighted by Gasteiger charge is 2.14. The standard InChI is InChI=1S/C15H21BrN2O/c16-13-10-12(7-8-14(13)17)18-15(19)9-6-11-4-2-1-3-5-11/h7-8,10-11H,1-6,9,17H2,(H,18,19). The molecule has 0 atom stereocenters. The van der Waals surface area contributed by atoms with Crippen LogP contribution in [-0.2, 0) is 4.79 Å². The molecule has 104 valence electrons. The zero-order valence-electron chi connectivity index (χ0n) is 11.1. The highest BCUT2D eigenvalue weighted by Crippen LogP contribution is 2.28. The van der Waals surface area contributed by atoms with Crippen LogP contribution >= 0.6 is 15.9 Å². The van der Waals surface area contributed by atoms with Gasteiger partial charge in [0.2, 0.25) is 5.91 Å². The Bertz CT molecular complexity index is 442. The average Bonchev–Trinajstić information content (AvgIpc) is 2.42. The summed E-state index contributed by atoms with van der Waals surface area (Å²) in [5, 5.41) is 2.93. The van der Waals surface area contributed by atoms with Crippen LogP contribution in [0.3, 0.4) is 0 Å². The molecule has 0 radical (unpaired) electrons. The lowest BCUT2D eigenvalue weighted by Crippen LogP contribution is -2.14. The predicted molar refractivity (Wildman–Crippen MR) is 83.0 cm³/mol. The lowest BCUT2D eigenvalue weighted by Gasteiger charge is -2.21. The summed E-state index contributed by atoms with van der Waals surface area (Å²) in [4.78, 5) is 11.9. The van der Waals surface area contributed by atoms with E-state index in [4.69, 9.17) is 5.73 Å². The van der Waals surface area contributed by atoms with Gasteiger partial charge >= 0.3 is 0 Å².